The smallest absolute Gasteiger partial charge is 0.259 e. The molecule has 1 aromatic heterocycles. The lowest BCUT2D eigenvalue weighted by Gasteiger charge is -2.37. The number of aromatic nitrogens is 1. The Balaban J connectivity index is 1.38. The van der Waals surface area contributed by atoms with Crippen LogP contribution in [0.5, 0.6) is 5.75 Å². The number of ketones is 1. The standard InChI is InChI=1S/C28H34ClN3O4/c1-17(20-4-3-5-22(33)14-20)18-6-8-19(9-7-18)27(34)31-25-12-11-23(36-2)15-24(25)28(35)32-26-13-10-21(29)16-30-26/h10-13,15-20H,3-9,14H2,1-2H3,(H,31,34)(H,30,32,35)/t17-,18?,19?,20-/m1/s1. The van der Waals surface area contributed by atoms with Crippen LogP contribution in [0.2, 0.25) is 5.02 Å². The first-order chi connectivity index (χ1) is 17.3. The van der Waals surface area contributed by atoms with E-state index in [1.807, 2.05) is 0 Å². The fraction of sp³-hybridized carbons (Fsp3) is 0.500. The monoisotopic (exact) mass is 511 g/mol. The zero-order chi connectivity index (χ0) is 25.7. The summed E-state index contributed by atoms with van der Waals surface area (Å²) >= 11 is 5.88. The molecule has 0 bridgehead atoms. The van der Waals surface area contributed by atoms with Crippen molar-refractivity contribution in [1.82, 2.24) is 4.98 Å². The van der Waals surface area contributed by atoms with Gasteiger partial charge in [-0.1, -0.05) is 18.5 Å². The number of ether oxygens (including phenoxy) is 1. The van der Waals surface area contributed by atoms with E-state index >= 15 is 0 Å². The molecule has 4 rings (SSSR count). The average Bonchev–Trinajstić information content (AvgIpc) is 2.89. The first kappa shape index (κ1) is 26.1. The topological polar surface area (TPSA) is 97.4 Å². The van der Waals surface area contributed by atoms with Crippen LogP contribution < -0.4 is 15.4 Å². The lowest BCUT2D eigenvalue weighted by molar-refractivity contribution is -0.122. The summed E-state index contributed by atoms with van der Waals surface area (Å²) in [5, 5.41) is 6.19. The average molecular weight is 512 g/mol. The number of pyridine rings is 1. The fourth-order valence-corrected chi connectivity index (χ4v) is 5.73. The lowest BCUT2D eigenvalue weighted by atomic mass is 9.68. The molecule has 1 heterocycles. The molecule has 36 heavy (non-hydrogen) atoms. The molecule has 1 aromatic carbocycles. The zero-order valence-corrected chi connectivity index (χ0v) is 21.6. The minimum absolute atomic E-state index is 0.0715. The summed E-state index contributed by atoms with van der Waals surface area (Å²) in [4.78, 5) is 42.2. The van der Waals surface area contributed by atoms with Crippen LogP contribution in [0.15, 0.2) is 36.5 Å². The van der Waals surface area contributed by atoms with Crippen LogP contribution in [0, 0.1) is 23.7 Å². The Morgan fingerprint density at radius 2 is 1.83 bits per heavy atom. The first-order valence-electron chi connectivity index (χ1n) is 12.8. The first-order valence-corrected chi connectivity index (χ1v) is 13.2. The second kappa shape index (κ2) is 11.9. The fourth-order valence-electron chi connectivity index (χ4n) is 5.61. The van der Waals surface area contributed by atoms with Gasteiger partial charge in [0.2, 0.25) is 5.91 Å². The van der Waals surface area contributed by atoms with Gasteiger partial charge in [-0.3, -0.25) is 14.4 Å². The van der Waals surface area contributed by atoms with Crippen molar-refractivity contribution in [3.05, 3.63) is 47.1 Å². The molecule has 2 N–H and O–H groups in total. The number of halogens is 1. The second-order valence-electron chi connectivity index (χ2n) is 10.1. The molecule has 2 aromatic rings. The molecular weight excluding hydrogens is 478 g/mol. The summed E-state index contributed by atoms with van der Waals surface area (Å²) < 4.78 is 5.29. The second-order valence-corrected chi connectivity index (χ2v) is 10.5. The molecule has 0 aliphatic heterocycles. The van der Waals surface area contributed by atoms with Crippen molar-refractivity contribution < 1.29 is 19.1 Å². The van der Waals surface area contributed by atoms with Crippen LogP contribution in [-0.2, 0) is 9.59 Å². The number of benzene rings is 1. The summed E-state index contributed by atoms with van der Waals surface area (Å²) in [5.74, 6) is 2.24. The highest BCUT2D eigenvalue weighted by Gasteiger charge is 2.34. The summed E-state index contributed by atoms with van der Waals surface area (Å²) in [6.07, 6.45) is 8.66. The number of hydrogen-bond acceptors (Lipinski definition) is 5. The summed E-state index contributed by atoms with van der Waals surface area (Å²) in [6, 6.07) is 8.26. The van der Waals surface area contributed by atoms with Gasteiger partial charge in [-0.25, -0.2) is 4.98 Å². The summed E-state index contributed by atoms with van der Waals surface area (Å²) in [7, 11) is 1.53. The van der Waals surface area contributed by atoms with Crippen LogP contribution in [0.4, 0.5) is 11.5 Å². The number of nitrogens with one attached hydrogen (secondary N) is 2. The highest BCUT2D eigenvalue weighted by atomic mass is 35.5. The number of anilines is 2. The number of hydrogen-bond donors (Lipinski definition) is 2. The van der Waals surface area contributed by atoms with E-state index in [0.29, 0.717) is 51.4 Å². The molecule has 0 radical (unpaired) electrons. The van der Waals surface area contributed by atoms with Gasteiger partial charge in [0, 0.05) is 25.0 Å². The van der Waals surface area contributed by atoms with Crippen LogP contribution in [0.1, 0.15) is 68.6 Å². The van der Waals surface area contributed by atoms with E-state index in [2.05, 4.69) is 22.5 Å². The maximum absolute atomic E-state index is 13.2. The molecule has 0 unspecified atom stereocenters. The van der Waals surface area contributed by atoms with Crippen LogP contribution in [0.25, 0.3) is 0 Å². The highest BCUT2D eigenvalue weighted by molar-refractivity contribution is 6.30. The van der Waals surface area contributed by atoms with Gasteiger partial charge >= 0.3 is 0 Å². The van der Waals surface area contributed by atoms with Gasteiger partial charge in [-0.05, 0) is 86.6 Å². The van der Waals surface area contributed by atoms with Crippen molar-refractivity contribution in [1.29, 1.82) is 0 Å². The number of methoxy groups -OCH3 is 1. The Morgan fingerprint density at radius 1 is 1.06 bits per heavy atom. The molecule has 2 atom stereocenters. The number of rotatable bonds is 7. The molecule has 2 amide bonds. The third-order valence-electron chi connectivity index (χ3n) is 7.85. The zero-order valence-electron chi connectivity index (χ0n) is 20.9. The Bertz CT molecular complexity index is 1100. The van der Waals surface area contributed by atoms with E-state index < -0.39 is 5.91 Å². The normalized spacial score (nSPS) is 23.0. The predicted octanol–water partition coefficient (Wildman–Crippen LogP) is 6.14. The molecule has 2 fully saturated rings. The number of amides is 2. The van der Waals surface area contributed by atoms with E-state index in [0.717, 1.165) is 51.4 Å². The van der Waals surface area contributed by atoms with Crippen molar-refractivity contribution >= 4 is 40.7 Å². The van der Waals surface area contributed by atoms with Crippen molar-refractivity contribution in [3.8, 4) is 5.75 Å². The minimum atomic E-state index is -0.404. The number of Topliss-reactive ketones (excluding diaryl/α,β-unsaturated/α-hetero) is 1. The van der Waals surface area contributed by atoms with E-state index in [-0.39, 0.29) is 11.8 Å². The van der Waals surface area contributed by atoms with Gasteiger partial charge in [0.15, 0.2) is 0 Å². The van der Waals surface area contributed by atoms with Gasteiger partial charge in [-0.2, -0.15) is 0 Å². The molecular formula is C28H34ClN3O4. The van der Waals surface area contributed by atoms with E-state index in [1.54, 1.807) is 30.3 Å². The number of nitrogens with zero attached hydrogens (tertiary/aromatic N) is 1. The molecule has 0 saturated heterocycles. The molecule has 192 valence electrons. The molecule has 2 saturated carbocycles. The largest absolute Gasteiger partial charge is 0.497 e. The third kappa shape index (κ3) is 6.44. The van der Waals surface area contributed by atoms with E-state index in [4.69, 9.17) is 16.3 Å². The van der Waals surface area contributed by atoms with Gasteiger partial charge in [-0.15, -0.1) is 0 Å². The van der Waals surface area contributed by atoms with Crippen molar-refractivity contribution in [2.45, 2.75) is 58.3 Å². The maximum atomic E-state index is 13.2. The van der Waals surface area contributed by atoms with Gasteiger partial charge in [0.1, 0.15) is 17.4 Å². The van der Waals surface area contributed by atoms with Crippen LogP contribution >= 0.6 is 11.6 Å². The third-order valence-corrected chi connectivity index (χ3v) is 8.07. The summed E-state index contributed by atoms with van der Waals surface area (Å²) in [5.41, 5.74) is 0.729. The maximum Gasteiger partial charge on any atom is 0.259 e. The molecule has 0 spiro atoms. The molecule has 2 aliphatic rings. The van der Waals surface area contributed by atoms with Crippen molar-refractivity contribution in [3.63, 3.8) is 0 Å². The van der Waals surface area contributed by atoms with Crippen LogP contribution in [0.3, 0.4) is 0 Å². The van der Waals surface area contributed by atoms with Gasteiger partial charge in [0.05, 0.1) is 23.4 Å². The van der Waals surface area contributed by atoms with Gasteiger partial charge < -0.3 is 15.4 Å². The predicted molar refractivity (Wildman–Crippen MR) is 140 cm³/mol. The Kier molecular flexibility index (Phi) is 8.62. The molecule has 2 aliphatic carbocycles. The molecule has 7 nitrogen and oxygen atoms in total. The van der Waals surface area contributed by atoms with E-state index in [9.17, 15) is 14.4 Å². The molecule has 8 heteroatoms. The number of carbonyl (C=O) groups excluding carboxylic acids is 3. The Labute approximate surface area is 217 Å². The minimum Gasteiger partial charge on any atom is -0.497 e. The highest BCUT2D eigenvalue weighted by Crippen LogP contribution is 2.40. The SMILES string of the molecule is COc1ccc(NC(=O)C2CCC([C@@H](C)[C@@H]3CCCC(=O)C3)CC2)c(C(=O)Nc2ccc(Cl)cn2)c1. The summed E-state index contributed by atoms with van der Waals surface area (Å²) in [6.45, 7) is 2.28. The quantitative estimate of drug-likeness (QED) is 0.465. The Morgan fingerprint density at radius 3 is 2.50 bits per heavy atom. The van der Waals surface area contributed by atoms with E-state index in [1.165, 1.54) is 13.3 Å². The number of carbonyl (C=O) groups is 3. The Hall–Kier alpha value is -2.93. The lowest BCUT2D eigenvalue weighted by Crippen LogP contribution is -2.32. The van der Waals surface area contributed by atoms with Crippen molar-refractivity contribution in [2.24, 2.45) is 23.7 Å². The van der Waals surface area contributed by atoms with Crippen molar-refractivity contribution in [2.75, 3.05) is 17.7 Å². The van der Waals surface area contributed by atoms with Gasteiger partial charge in [0.25, 0.3) is 5.91 Å². The van der Waals surface area contributed by atoms with Crippen LogP contribution in [-0.4, -0.2) is 29.7 Å².